The van der Waals surface area contributed by atoms with Crippen LogP contribution in [0.5, 0.6) is 0 Å². The van der Waals surface area contributed by atoms with Crippen molar-refractivity contribution in [3.63, 3.8) is 0 Å². The molecule has 4 fully saturated rings. The molecular formula is C34H40Cl2Zr-2. The van der Waals surface area contributed by atoms with Gasteiger partial charge in [-0.05, 0) is 68.1 Å². The number of fused-ring (bicyclic) bond motifs is 3. The van der Waals surface area contributed by atoms with Crippen molar-refractivity contribution in [3.05, 3.63) is 88.5 Å². The summed E-state index contributed by atoms with van der Waals surface area (Å²) in [6.07, 6.45) is 11.8. The molecule has 0 aliphatic heterocycles. The summed E-state index contributed by atoms with van der Waals surface area (Å²) in [6.45, 7) is 8.80. The van der Waals surface area contributed by atoms with Crippen LogP contribution in [0.2, 0.25) is 0 Å². The summed E-state index contributed by atoms with van der Waals surface area (Å²) >= 11 is 1.55. The Morgan fingerprint density at radius 1 is 0.919 bits per heavy atom. The van der Waals surface area contributed by atoms with Gasteiger partial charge in [0.25, 0.3) is 0 Å². The van der Waals surface area contributed by atoms with E-state index in [-0.39, 0.29) is 24.8 Å². The third-order valence-corrected chi connectivity index (χ3v) is 8.70. The molecule has 3 aromatic carbocycles. The van der Waals surface area contributed by atoms with Crippen molar-refractivity contribution in [3.8, 4) is 11.1 Å². The standard InChI is InChI=1S/C18H25.C13H9.C3H6.2ClH.Zr/c1-12-3-13(2)17(4-12)11-18-8-14-5-15(9-18)7-16(6-14)10-18;1-3-7-12-10(5-1)9-11-6-2-4-8-13(11)12;1-3-2;;;/h3-4,14-16H,5-11H2,1-2H3;1-5,7-8H,9H2;1-2H3;2*1H;/q2*-1;;;;+2/p-2. The fourth-order valence-corrected chi connectivity index (χ4v) is 7.96. The smallest absolute Gasteiger partial charge is 0.0253 e. The van der Waals surface area contributed by atoms with Crippen LogP contribution < -0.4 is 24.8 Å². The second-order valence-electron chi connectivity index (χ2n) is 12.2. The number of hydrogen-bond donors (Lipinski definition) is 0. The minimum Gasteiger partial charge on any atom is -1.00 e. The molecule has 0 spiro atoms. The zero-order valence-corrected chi connectivity index (χ0v) is 26.8. The van der Waals surface area contributed by atoms with Gasteiger partial charge in [0.05, 0.1) is 0 Å². The van der Waals surface area contributed by atoms with Crippen LogP contribution in [0, 0.1) is 43.1 Å². The van der Waals surface area contributed by atoms with Crippen molar-refractivity contribution in [2.75, 3.05) is 0 Å². The quantitative estimate of drug-likeness (QED) is 0.307. The van der Waals surface area contributed by atoms with Crippen molar-refractivity contribution < 1.29 is 49.0 Å². The molecule has 0 N–H and O–H groups in total. The Morgan fingerprint density at radius 3 is 2.05 bits per heavy atom. The normalized spacial score (nSPS) is 25.3. The molecule has 0 aromatic heterocycles. The first-order valence-electron chi connectivity index (χ1n) is 13.6. The van der Waals surface area contributed by atoms with Crippen LogP contribution in [0.15, 0.2) is 54.6 Å². The van der Waals surface area contributed by atoms with E-state index < -0.39 is 0 Å². The van der Waals surface area contributed by atoms with Crippen molar-refractivity contribution in [2.24, 2.45) is 23.2 Å². The molecule has 0 amide bonds. The fraction of sp³-hybridized carbons (Fsp3) is 0.471. The number of rotatable bonds is 2. The van der Waals surface area contributed by atoms with Gasteiger partial charge in [0.1, 0.15) is 0 Å². The molecule has 0 radical (unpaired) electrons. The van der Waals surface area contributed by atoms with Crippen molar-refractivity contribution >= 4 is 3.21 Å². The first-order chi connectivity index (χ1) is 16.8. The van der Waals surface area contributed by atoms with Gasteiger partial charge in [-0.25, -0.2) is 6.07 Å². The van der Waals surface area contributed by atoms with Gasteiger partial charge in [0, 0.05) is 0 Å². The summed E-state index contributed by atoms with van der Waals surface area (Å²) in [7, 11) is 0. The summed E-state index contributed by atoms with van der Waals surface area (Å²) in [6, 6.07) is 22.9. The molecule has 0 heterocycles. The minimum absolute atomic E-state index is 0. The largest absolute Gasteiger partial charge is 1.00 e. The predicted molar refractivity (Wildman–Crippen MR) is 146 cm³/mol. The molecule has 5 aliphatic carbocycles. The molecule has 196 valence electrons. The third kappa shape index (κ3) is 7.21. The summed E-state index contributed by atoms with van der Waals surface area (Å²) in [5, 5.41) is 0. The van der Waals surface area contributed by atoms with E-state index in [1.54, 1.807) is 73.9 Å². The number of hydrogen-bond acceptors (Lipinski definition) is 0. The van der Waals surface area contributed by atoms with Crippen LogP contribution in [0.25, 0.3) is 11.1 Å². The maximum atomic E-state index is 3.30. The Labute approximate surface area is 252 Å². The molecule has 0 nitrogen and oxygen atoms in total. The summed E-state index contributed by atoms with van der Waals surface area (Å²) in [5.41, 5.74) is 10.9. The molecule has 3 heteroatoms. The first kappa shape index (κ1) is 30.7. The maximum absolute atomic E-state index is 3.30. The van der Waals surface area contributed by atoms with E-state index in [0.717, 1.165) is 24.2 Å². The van der Waals surface area contributed by atoms with Crippen LogP contribution >= 0.6 is 0 Å². The molecule has 0 saturated heterocycles. The average Bonchev–Trinajstić information content (AvgIpc) is 3.31. The van der Waals surface area contributed by atoms with Gasteiger partial charge in [0.2, 0.25) is 0 Å². The van der Waals surface area contributed by atoms with Crippen LogP contribution in [0.3, 0.4) is 0 Å². The predicted octanol–water partition coefficient (Wildman–Crippen LogP) is 2.59. The Morgan fingerprint density at radius 2 is 1.49 bits per heavy atom. The van der Waals surface area contributed by atoms with Gasteiger partial charge in [-0.1, -0.05) is 55.7 Å². The molecule has 0 atom stereocenters. The zero-order chi connectivity index (χ0) is 24.6. The number of halogens is 2. The Hall–Kier alpha value is -0.877. The summed E-state index contributed by atoms with van der Waals surface area (Å²) < 4.78 is 1.51. The molecule has 4 saturated carbocycles. The second-order valence-corrected chi connectivity index (χ2v) is 14.7. The Bertz CT molecular complexity index is 1120. The molecule has 8 rings (SSSR count). The van der Waals surface area contributed by atoms with Gasteiger partial charge >= 0.3 is 41.3 Å². The monoisotopic (exact) mass is 608 g/mol. The van der Waals surface area contributed by atoms with Gasteiger partial charge in [-0.15, -0.1) is 5.56 Å². The van der Waals surface area contributed by atoms with Crippen LogP contribution in [-0.4, -0.2) is 3.21 Å². The van der Waals surface area contributed by atoms with Crippen molar-refractivity contribution in [1.82, 2.24) is 0 Å². The average molecular weight is 611 g/mol. The van der Waals surface area contributed by atoms with E-state index in [9.17, 15) is 0 Å². The summed E-state index contributed by atoms with van der Waals surface area (Å²) in [4.78, 5) is 0. The topological polar surface area (TPSA) is 0 Å². The SMILES string of the molecule is C[C](C)=[Zr+2].Cc1cc(CC23CC4CC(CC(C4)C2)C3)c(C)[cH-]1.[Cl-].[Cl-].[c-]1cccc2c1Cc1ccccc1-2. The van der Waals surface area contributed by atoms with E-state index in [1.165, 1.54) is 37.4 Å². The molecule has 0 unspecified atom stereocenters. The zero-order valence-electron chi connectivity index (χ0n) is 22.8. The van der Waals surface area contributed by atoms with Crippen LogP contribution in [0.1, 0.15) is 80.2 Å². The summed E-state index contributed by atoms with van der Waals surface area (Å²) in [5.74, 6) is 3.27. The first-order valence-corrected chi connectivity index (χ1v) is 14.9. The maximum Gasteiger partial charge on any atom is -0.0253 e. The number of benzene rings is 2. The van der Waals surface area contributed by atoms with E-state index >= 15 is 0 Å². The second kappa shape index (κ2) is 13.0. The third-order valence-electron chi connectivity index (χ3n) is 8.70. The van der Waals surface area contributed by atoms with Gasteiger partial charge in [0.15, 0.2) is 0 Å². The number of aryl methyl sites for hydroxylation is 2. The van der Waals surface area contributed by atoms with E-state index in [0.29, 0.717) is 5.41 Å². The van der Waals surface area contributed by atoms with E-state index in [4.69, 9.17) is 0 Å². The molecule has 3 aromatic rings. The molecule has 5 aliphatic rings. The van der Waals surface area contributed by atoms with Crippen LogP contribution in [0.4, 0.5) is 0 Å². The molecular weight excluding hydrogens is 571 g/mol. The fourth-order valence-electron chi connectivity index (χ4n) is 7.96. The van der Waals surface area contributed by atoms with Crippen LogP contribution in [-0.2, 0) is 37.1 Å². The van der Waals surface area contributed by atoms with E-state index in [2.05, 4.69) is 82.3 Å². The van der Waals surface area contributed by atoms with Gasteiger partial charge < -0.3 is 24.8 Å². The van der Waals surface area contributed by atoms with Gasteiger partial charge in [-0.2, -0.15) is 52.6 Å². The molecule has 4 bridgehead atoms. The molecule has 37 heavy (non-hydrogen) atoms. The minimum atomic E-state index is 0. The Balaban J connectivity index is 0.000000178. The van der Waals surface area contributed by atoms with Crippen molar-refractivity contribution in [2.45, 2.75) is 79.1 Å². The van der Waals surface area contributed by atoms with Crippen molar-refractivity contribution in [1.29, 1.82) is 0 Å². The Kier molecular flexibility index (Phi) is 10.8. The van der Waals surface area contributed by atoms with Gasteiger partial charge in [-0.3, -0.25) is 0 Å². The van der Waals surface area contributed by atoms with E-state index in [1.807, 2.05) is 6.07 Å².